The molecule has 0 bridgehead atoms. The van der Waals surface area contributed by atoms with E-state index in [1.54, 1.807) is 63.4 Å². The topological polar surface area (TPSA) is 83.9 Å². The van der Waals surface area contributed by atoms with E-state index in [1.165, 1.54) is 17.1 Å². The summed E-state index contributed by atoms with van der Waals surface area (Å²) >= 11 is 3.22. The van der Waals surface area contributed by atoms with E-state index in [-0.39, 0.29) is 5.56 Å². The van der Waals surface area contributed by atoms with Crippen LogP contribution in [-0.4, -0.2) is 33.3 Å². The molecular weight excluding hydrogens is 515 g/mol. The van der Waals surface area contributed by atoms with Gasteiger partial charge in [-0.25, -0.2) is 14.2 Å². The molecule has 0 radical (unpaired) electrons. The molecule has 1 aliphatic rings. The van der Waals surface area contributed by atoms with Crippen LogP contribution in [0.1, 0.15) is 54.8 Å². The molecule has 3 aromatic rings. The highest BCUT2D eigenvalue weighted by atomic mass is 79.9. The summed E-state index contributed by atoms with van der Waals surface area (Å²) in [5, 5.41) is 8.54. The molecule has 1 aliphatic heterocycles. The molecule has 9 heteroatoms. The largest absolute Gasteiger partial charge is 0.444 e. The molecule has 7 nitrogen and oxygen atoms in total. The van der Waals surface area contributed by atoms with Crippen LogP contribution in [0, 0.1) is 5.82 Å². The fourth-order valence-electron chi connectivity index (χ4n) is 3.63. The van der Waals surface area contributed by atoms with Gasteiger partial charge in [0.05, 0.1) is 17.0 Å². The number of carbonyl (C=O) groups excluding carboxylic acids is 2. The number of hydrogen-bond acceptors (Lipinski definition) is 5. The lowest BCUT2D eigenvalue weighted by atomic mass is 10.0. The Balaban J connectivity index is 1.60. The summed E-state index contributed by atoms with van der Waals surface area (Å²) < 4.78 is 20.4. The van der Waals surface area contributed by atoms with E-state index in [2.05, 4.69) is 31.3 Å². The number of benzene rings is 2. The number of halogens is 2. The Morgan fingerprint density at radius 3 is 2.49 bits per heavy atom. The Hall–Kier alpha value is -3.59. The first-order valence-electron chi connectivity index (χ1n) is 11.0. The molecular formula is C26H24BrFN4O3. The number of hydrazone groups is 1. The average Bonchev–Trinajstić information content (AvgIpc) is 3.24. The zero-order chi connectivity index (χ0) is 25.2. The van der Waals surface area contributed by atoms with Gasteiger partial charge < -0.3 is 4.74 Å². The number of amides is 2. The minimum atomic E-state index is -0.634. The van der Waals surface area contributed by atoms with Crippen molar-refractivity contribution in [2.24, 2.45) is 5.10 Å². The molecule has 4 rings (SSSR count). The lowest BCUT2D eigenvalue weighted by molar-refractivity contribution is 0.0634. The van der Waals surface area contributed by atoms with Gasteiger partial charge in [-0.3, -0.25) is 15.1 Å². The van der Waals surface area contributed by atoms with Gasteiger partial charge in [-0.2, -0.15) is 5.10 Å². The second kappa shape index (κ2) is 9.95. The summed E-state index contributed by atoms with van der Waals surface area (Å²) in [6, 6.07) is 16.3. The van der Waals surface area contributed by atoms with Crippen molar-refractivity contribution in [3.05, 3.63) is 94.0 Å². The fourth-order valence-corrected chi connectivity index (χ4v) is 3.96. The van der Waals surface area contributed by atoms with Crippen molar-refractivity contribution in [2.75, 3.05) is 5.32 Å². The highest BCUT2D eigenvalue weighted by Crippen LogP contribution is 2.34. The van der Waals surface area contributed by atoms with Crippen LogP contribution < -0.4 is 5.32 Å². The molecule has 2 heterocycles. The van der Waals surface area contributed by atoms with Crippen molar-refractivity contribution >= 4 is 39.3 Å². The summed E-state index contributed by atoms with van der Waals surface area (Å²) in [4.78, 5) is 29.7. The van der Waals surface area contributed by atoms with E-state index in [0.717, 1.165) is 5.56 Å². The summed E-state index contributed by atoms with van der Waals surface area (Å²) in [6.45, 7) is 5.37. The van der Waals surface area contributed by atoms with E-state index >= 15 is 0 Å². The first-order valence-corrected chi connectivity index (χ1v) is 11.8. The lowest BCUT2D eigenvalue weighted by Crippen LogP contribution is -2.28. The monoisotopic (exact) mass is 538 g/mol. The third-order valence-corrected chi connectivity index (χ3v) is 5.67. The molecule has 2 aromatic carbocycles. The van der Waals surface area contributed by atoms with Crippen LogP contribution in [0.15, 0.2) is 76.4 Å². The average molecular weight is 539 g/mol. The lowest BCUT2D eigenvalue weighted by Gasteiger charge is -2.21. The van der Waals surface area contributed by atoms with Crippen LogP contribution >= 0.6 is 15.9 Å². The third kappa shape index (κ3) is 5.92. The molecule has 1 unspecified atom stereocenters. The van der Waals surface area contributed by atoms with Gasteiger partial charge in [-0.15, -0.1) is 0 Å². The molecule has 0 saturated heterocycles. The molecule has 0 spiro atoms. The van der Waals surface area contributed by atoms with Crippen molar-refractivity contribution in [1.82, 2.24) is 9.99 Å². The van der Waals surface area contributed by atoms with Crippen molar-refractivity contribution < 1.29 is 18.7 Å². The number of hydrogen-bond donors (Lipinski definition) is 1. The van der Waals surface area contributed by atoms with E-state index < -0.39 is 29.5 Å². The molecule has 1 N–H and O–H groups in total. The van der Waals surface area contributed by atoms with Gasteiger partial charge in [0.1, 0.15) is 17.5 Å². The van der Waals surface area contributed by atoms with E-state index in [1.807, 2.05) is 12.1 Å². The normalized spacial score (nSPS) is 15.5. The number of aromatic nitrogens is 1. The van der Waals surface area contributed by atoms with Crippen molar-refractivity contribution in [2.45, 2.75) is 38.8 Å². The Bertz CT molecular complexity index is 1270. The quantitative estimate of drug-likeness (QED) is 0.421. The van der Waals surface area contributed by atoms with Crippen LogP contribution in [0.2, 0.25) is 0 Å². The third-order valence-electron chi connectivity index (χ3n) is 5.17. The number of nitrogens with zero attached hydrogens (tertiary/aromatic N) is 3. The SMILES string of the molecule is CC(C)(C)OC(=O)Nc1ccc(C2=NN(C(=O)c3ccc(Br)cc3F)C(c3ccccn3)C2)cc1. The first kappa shape index (κ1) is 24.5. The minimum absolute atomic E-state index is 0.0731. The van der Waals surface area contributed by atoms with E-state index in [0.29, 0.717) is 28.0 Å². The summed E-state index contributed by atoms with van der Waals surface area (Å²) in [5.41, 5.74) is 1.96. The maximum atomic E-state index is 14.6. The molecule has 2 amide bonds. The highest BCUT2D eigenvalue weighted by Gasteiger charge is 2.35. The second-order valence-corrected chi connectivity index (χ2v) is 9.92. The Morgan fingerprint density at radius 2 is 1.86 bits per heavy atom. The first-order chi connectivity index (χ1) is 16.6. The maximum absolute atomic E-state index is 14.6. The molecule has 35 heavy (non-hydrogen) atoms. The number of anilines is 1. The highest BCUT2D eigenvalue weighted by molar-refractivity contribution is 9.10. The number of nitrogens with one attached hydrogen (secondary N) is 1. The number of carbonyl (C=O) groups is 2. The zero-order valence-electron chi connectivity index (χ0n) is 19.5. The number of pyridine rings is 1. The fraction of sp³-hybridized carbons (Fsp3) is 0.231. The predicted molar refractivity (Wildman–Crippen MR) is 135 cm³/mol. The van der Waals surface area contributed by atoms with Crippen molar-refractivity contribution in [1.29, 1.82) is 0 Å². The zero-order valence-corrected chi connectivity index (χ0v) is 21.0. The van der Waals surface area contributed by atoms with E-state index in [9.17, 15) is 14.0 Å². The van der Waals surface area contributed by atoms with Gasteiger partial charge in [0.2, 0.25) is 0 Å². The van der Waals surface area contributed by atoms with Crippen LogP contribution in [-0.2, 0) is 4.74 Å². The van der Waals surface area contributed by atoms with Gasteiger partial charge >= 0.3 is 6.09 Å². The number of rotatable bonds is 4. The maximum Gasteiger partial charge on any atom is 0.412 e. The molecule has 0 fully saturated rings. The Kier molecular flexibility index (Phi) is 6.98. The van der Waals surface area contributed by atoms with Crippen LogP contribution in [0.5, 0.6) is 0 Å². The van der Waals surface area contributed by atoms with Gasteiger partial charge in [0.15, 0.2) is 0 Å². The Labute approximate surface area is 211 Å². The van der Waals surface area contributed by atoms with E-state index in [4.69, 9.17) is 4.74 Å². The summed E-state index contributed by atoms with van der Waals surface area (Å²) in [6.07, 6.45) is 1.50. The smallest absolute Gasteiger partial charge is 0.412 e. The minimum Gasteiger partial charge on any atom is -0.444 e. The van der Waals surface area contributed by atoms with Gasteiger partial charge in [-0.1, -0.05) is 34.1 Å². The molecule has 0 aliphatic carbocycles. The molecule has 0 saturated carbocycles. The van der Waals surface area contributed by atoms with Crippen molar-refractivity contribution in [3.8, 4) is 0 Å². The molecule has 180 valence electrons. The van der Waals surface area contributed by atoms with Crippen molar-refractivity contribution in [3.63, 3.8) is 0 Å². The van der Waals surface area contributed by atoms with Crippen LogP contribution in [0.4, 0.5) is 14.9 Å². The van der Waals surface area contributed by atoms with Crippen LogP contribution in [0.25, 0.3) is 0 Å². The number of ether oxygens (including phenoxy) is 1. The molecule has 1 aromatic heterocycles. The van der Waals surface area contributed by atoms with Gasteiger partial charge in [-0.05, 0) is 68.8 Å². The van der Waals surface area contributed by atoms with Crippen LogP contribution in [0.3, 0.4) is 0 Å². The second-order valence-electron chi connectivity index (χ2n) is 9.00. The van der Waals surface area contributed by atoms with Gasteiger partial charge in [0.25, 0.3) is 5.91 Å². The molecule has 1 atom stereocenters. The standard InChI is InChI=1S/C26H24BrFN4O3/c1-26(2,3)35-25(34)30-18-10-7-16(8-11-18)22-15-23(21-6-4-5-13-29-21)32(31-22)24(33)19-12-9-17(27)14-20(19)28/h4-14,23H,15H2,1-3H3,(H,30,34). The predicted octanol–water partition coefficient (Wildman–Crippen LogP) is 6.32. The summed E-state index contributed by atoms with van der Waals surface area (Å²) in [5.74, 6) is -1.19. The Morgan fingerprint density at radius 1 is 1.11 bits per heavy atom. The van der Waals surface area contributed by atoms with Gasteiger partial charge in [0, 0.05) is 22.8 Å². The summed E-state index contributed by atoms with van der Waals surface area (Å²) in [7, 11) is 0.